The van der Waals surface area contributed by atoms with Crippen LogP contribution in [-0.2, 0) is 53.0 Å². The van der Waals surface area contributed by atoms with Gasteiger partial charge in [-0.15, -0.1) is 95.3 Å². The maximum atomic E-state index is 5.03. The number of nitrogens with zero attached hydrogens (tertiary/aromatic N) is 4. The number of hydrogen-bond acceptors (Lipinski definition) is 4. The fourth-order valence-corrected chi connectivity index (χ4v) is 4.95. The first-order chi connectivity index (χ1) is 20.3. The molecule has 0 saturated carbocycles. The van der Waals surface area contributed by atoms with Crippen molar-refractivity contribution in [2.75, 3.05) is 0 Å². The first-order valence-electron chi connectivity index (χ1n) is 14.0. The average molecular weight is 933 g/mol. The predicted molar refractivity (Wildman–Crippen MR) is 166 cm³/mol. The number of rotatable bonds is 7. The van der Waals surface area contributed by atoms with Crippen molar-refractivity contribution in [1.82, 2.24) is 19.9 Å². The molecule has 0 radical (unpaired) electrons. The monoisotopic (exact) mass is 932 g/mol. The van der Waals surface area contributed by atoms with Gasteiger partial charge >= 0.3 is 42.1 Å². The van der Waals surface area contributed by atoms with Crippen LogP contribution in [0.5, 0.6) is 0 Å². The van der Waals surface area contributed by atoms with Gasteiger partial charge in [-0.3, -0.25) is 0 Å². The zero-order chi connectivity index (χ0) is 29.2. The van der Waals surface area contributed by atoms with Gasteiger partial charge in [-0.25, -0.2) is 12.1 Å². The molecule has 0 unspecified atom stereocenters. The molecular weight excluding hydrogens is 903 g/mol. The topological polar surface area (TPSA) is 51.6 Å². The van der Waals surface area contributed by atoms with E-state index < -0.39 is 10.8 Å². The van der Waals surface area contributed by atoms with Crippen molar-refractivity contribution in [3.63, 3.8) is 0 Å². The van der Waals surface area contributed by atoms with E-state index in [1.165, 1.54) is 0 Å². The van der Waals surface area contributed by atoms with Gasteiger partial charge < -0.3 is 19.9 Å². The quantitative estimate of drug-likeness (QED) is 0.152. The van der Waals surface area contributed by atoms with Gasteiger partial charge in [-0.05, 0) is 62.6 Å². The van der Waals surface area contributed by atoms with Crippen LogP contribution in [0.3, 0.4) is 0 Å². The van der Waals surface area contributed by atoms with Crippen molar-refractivity contribution in [2.45, 2.75) is 38.5 Å². The van der Waals surface area contributed by atoms with Gasteiger partial charge in [0.05, 0.1) is 0 Å². The second kappa shape index (κ2) is 14.0. The van der Waals surface area contributed by atoms with Crippen LogP contribution in [0.25, 0.3) is 33.9 Å². The van der Waals surface area contributed by atoms with Crippen molar-refractivity contribution < 1.29 is 42.1 Å². The van der Waals surface area contributed by atoms with Crippen LogP contribution in [0.15, 0.2) is 109 Å². The van der Waals surface area contributed by atoms with E-state index in [-0.39, 0.29) is 42.1 Å². The van der Waals surface area contributed by atoms with E-state index in [2.05, 4.69) is 52.0 Å². The van der Waals surface area contributed by atoms with Crippen molar-refractivity contribution in [1.29, 1.82) is 0 Å². The largest absolute Gasteiger partial charge is 2.00 e. The standard InChI is InChI=1S/C38H30N4.2Pt/c1-37(2,33-23-11-19-29(39-33)27-15-7-5-8-16-27)35-25-13-21-31(41-35)32-22-14-26-36(42-32)38(3,4)34-24-12-20-30(40-34)28-17-9-6-10-18-28;;/h5-15,17,19-20,23-26H,1-4H3;;/q-4;2*+2. The van der Waals surface area contributed by atoms with E-state index in [1.807, 2.05) is 109 Å². The molecule has 6 heteroatoms. The maximum absolute atomic E-state index is 5.03. The van der Waals surface area contributed by atoms with Crippen molar-refractivity contribution in [2.24, 2.45) is 0 Å². The molecule has 0 aliphatic rings. The molecule has 0 N–H and O–H groups in total. The van der Waals surface area contributed by atoms with Crippen LogP contribution in [-0.4, -0.2) is 19.9 Å². The summed E-state index contributed by atoms with van der Waals surface area (Å²) in [6, 6.07) is 48.9. The van der Waals surface area contributed by atoms with Crippen LogP contribution >= 0.6 is 0 Å². The van der Waals surface area contributed by atoms with Gasteiger partial charge in [0.1, 0.15) is 0 Å². The van der Waals surface area contributed by atoms with Crippen molar-refractivity contribution in [3.05, 3.63) is 156 Å². The summed E-state index contributed by atoms with van der Waals surface area (Å²) in [5.74, 6) is 0. The summed E-state index contributed by atoms with van der Waals surface area (Å²) in [4.78, 5) is 20.0. The van der Waals surface area contributed by atoms with Crippen LogP contribution in [0, 0.1) is 24.3 Å². The van der Waals surface area contributed by atoms with Crippen LogP contribution in [0.1, 0.15) is 50.5 Å². The molecule has 0 aliphatic heterocycles. The van der Waals surface area contributed by atoms with E-state index in [0.29, 0.717) is 11.4 Å². The van der Waals surface area contributed by atoms with Crippen LogP contribution < -0.4 is 0 Å². The molecule has 0 atom stereocenters. The molecule has 4 heterocycles. The van der Waals surface area contributed by atoms with Crippen molar-refractivity contribution in [3.8, 4) is 33.9 Å². The normalized spacial score (nSPS) is 11.3. The summed E-state index contributed by atoms with van der Waals surface area (Å²) in [7, 11) is 0. The molecule has 6 aromatic rings. The van der Waals surface area contributed by atoms with Crippen LogP contribution in [0.2, 0.25) is 0 Å². The summed E-state index contributed by atoms with van der Waals surface area (Å²) < 4.78 is 0. The molecule has 0 bridgehead atoms. The van der Waals surface area contributed by atoms with E-state index in [0.717, 1.165) is 45.3 Å². The van der Waals surface area contributed by atoms with Gasteiger partial charge in [0.15, 0.2) is 0 Å². The van der Waals surface area contributed by atoms with E-state index in [1.54, 1.807) is 0 Å². The van der Waals surface area contributed by atoms with E-state index >= 15 is 0 Å². The number of pyridine rings is 4. The Balaban J connectivity index is 0.00000221. The molecule has 0 fully saturated rings. The first-order valence-corrected chi connectivity index (χ1v) is 14.0. The Morgan fingerprint density at radius 3 is 1.20 bits per heavy atom. The fourth-order valence-electron chi connectivity index (χ4n) is 4.95. The third-order valence-corrected chi connectivity index (χ3v) is 7.64. The summed E-state index contributed by atoms with van der Waals surface area (Å²) in [5.41, 5.74) is 7.69. The smallest absolute Gasteiger partial charge is 0.353 e. The number of hydrogen-bond donors (Lipinski definition) is 0. The minimum absolute atomic E-state index is 0. The fraction of sp³-hybridized carbons (Fsp3) is 0.158. The average Bonchev–Trinajstić information content (AvgIpc) is 3.06. The second-order valence-electron chi connectivity index (χ2n) is 11.3. The molecular formula is C38H30N4Pt2. The summed E-state index contributed by atoms with van der Waals surface area (Å²) >= 11 is 0. The third-order valence-electron chi connectivity index (χ3n) is 7.64. The maximum Gasteiger partial charge on any atom is 2.00 e. The van der Waals surface area contributed by atoms with Crippen molar-refractivity contribution >= 4 is 0 Å². The second-order valence-corrected chi connectivity index (χ2v) is 11.3. The minimum Gasteiger partial charge on any atom is -0.353 e. The zero-order valence-electron chi connectivity index (χ0n) is 24.8. The van der Waals surface area contributed by atoms with Gasteiger partial charge in [-0.2, -0.15) is 12.1 Å². The summed E-state index contributed by atoms with van der Waals surface area (Å²) in [5, 5.41) is 0. The SMILES string of the molecule is CC(C)(c1cc[c-]c(-c2[c-]ccc(C(C)(C)c3cccc(-c4[c-]cccc4)n3)n2)n1)c1cccc(-c2[c-]cccc2)n1.[Pt+2].[Pt+2]. The molecule has 0 aliphatic carbocycles. The Morgan fingerprint density at radius 1 is 0.409 bits per heavy atom. The predicted octanol–water partition coefficient (Wildman–Crippen LogP) is 8.12. The van der Waals surface area contributed by atoms with Gasteiger partial charge in [0, 0.05) is 22.2 Å². The Kier molecular flexibility index (Phi) is 10.6. The minimum atomic E-state index is -0.454. The molecule has 0 spiro atoms. The molecule has 222 valence electrons. The Labute approximate surface area is 289 Å². The molecule has 4 aromatic heterocycles. The number of aromatic nitrogens is 4. The molecule has 0 amide bonds. The molecule has 0 saturated heterocycles. The summed E-state index contributed by atoms with van der Waals surface area (Å²) in [6.07, 6.45) is 0. The molecule has 44 heavy (non-hydrogen) atoms. The van der Waals surface area contributed by atoms with E-state index in [9.17, 15) is 0 Å². The number of benzene rings is 2. The molecule has 6 rings (SSSR count). The molecule has 4 nitrogen and oxygen atoms in total. The van der Waals surface area contributed by atoms with Gasteiger partial charge in [-0.1, -0.05) is 24.3 Å². The van der Waals surface area contributed by atoms with Gasteiger partial charge in [0.25, 0.3) is 0 Å². The first kappa shape index (κ1) is 33.3. The Bertz CT molecular complexity index is 1700. The third kappa shape index (κ3) is 6.88. The zero-order valence-corrected chi connectivity index (χ0v) is 29.4. The molecule has 2 aromatic carbocycles. The van der Waals surface area contributed by atoms with Gasteiger partial charge in [0.2, 0.25) is 0 Å². The van der Waals surface area contributed by atoms with Crippen LogP contribution in [0.4, 0.5) is 0 Å². The Morgan fingerprint density at radius 2 is 0.818 bits per heavy atom. The Hall–Kier alpha value is -3.58. The summed E-state index contributed by atoms with van der Waals surface area (Å²) in [6.45, 7) is 8.55. The van der Waals surface area contributed by atoms with E-state index in [4.69, 9.17) is 19.9 Å².